The molecule has 1 aromatic carbocycles. The number of rotatable bonds is 2. The van der Waals surface area contributed by atoms with E-state index < -0.39 is 0 Å². The number of aromatic nitrogens is 1. The molecule has 1 aliphatic heterocycles. The van der Waals surface area contributed by atoms with Gasteiger partial charge >= 0.3 is 0 Å². The molecule has 0 bridgehead atoms. The van der Waals surface area contributed by atoms with Crippen LogP contribution in [0.1, 0.15) is 39.6 Å². The van der Waals surface area contributed by atoms with Crippen molar-refractivity contribution in [1.82, 2.24) is 9.88 Å². The highest BCUT2D eigenvalue weighted by Crippen LogP contribution is 2.21. The fourth-order valence-corrected chi connectivity index (χ4v) is 3.17. The molecule has 0 spiro atoms. The van der Waals surface area contributed by atoms with Crippen LogP contribution in [0, 0.1) is 5.82 Å². The maximum atomic E-state index is 12.1. The summed E-state index contributed by atoms with van der Waals surface area (Å²) >= 11 is 4.77. The molecule has 2 aromatic rings. The smallest absolute Gasteiger partial charge is 0.165 e. The van der Waals surface area contributed by atoms with Crippen LogP contribution in [0.25, 0.3) is 0 Å². The van der Waals surface area contributed by atoms with Gasteiger partial charge in [0.05, 0.1) is 6.54 Å². The zero-order chi connectivity index (χ0) is 18.8. The molecule has 0 atom stereocenters. The highest BCUT2D eigenvalue weighted by atomic mass is 79.9. The molecule has 1 aliphatic rings. The Morgan fingerprint density at radius 1 is 1.28 bits per heavy atom. The Bertz CT molecular complexity index is 694. The van der Waals surface area contributed by atoms with Crippen LogP contribution in [-0.2, 0) is 0 Å². The van der Waals surface area contributed by atoms with Crippen molar-refractivity contribution in [1.29, 1.82) is 0 Å². The van der Waals surface area contributed by atoms with Crippen molar-refractivity contribution in [3.63, 3.8) is 0 Å². The van der Waals surface area contributed by atoms with E-state index in [0.717, 1.165) is 28.4 Å². The van der Waals surface area contributed by atoms with E-state index in [2.05, 4.69) is 51.6 Å². The van der Waals surface area contributed by atoms with Crippen LogP contribution in [0.5, 0.6) is 0 Å². The molecule has 0 amide bonds. The van der Waals surface area contributed by atoms with Crippen molar-refractivity contribution in [3.05, 3.63) is 62.4 Å². The van der Waals surface area contributed by atoms with E-state index in [1.807, 2.05) is 25.4 Å². The predicted octanol–water partition coefficient (Wildman–Crippen LogP) is 6.13. The minimum absolute atomic E-state index is 0.209. The summed E-state index contributed by atoms with van der Waals surface area (Å²) in [6, 6.07) is 6.26. The van der Waals surface area contributed by atoms with Crippen LogP contribution in [-0.4, -0.2) is 28.8 Å². The van der Waals surface area contributed by atoms with E-state index >= 15 is 0 Å². The van der Waals surface area contributed by atoms with Crippen molar-refractivity contribution in [2.45, 2.75) is 34.6 Å². The molecule has 3 nitrogen and oxygen atoms in total. The molecule has 6 heteroatoms. The van der Waals surface area contributed by atoms with Gasteiger partial charge in [0.15, 0.2) is 10.8 Å². The normalized spacial score (nSPS) is 13.4. The molecule has 0 N–H and O–H groups in total. The number of hydrogen-bond acceptors (Lipinski definition) is 4. The minimum Gasteiger partial charge on any atom is -0.328 e. The first-order chi connectivity index (χ1) is 12.0. The first kappa shape index (κ1) is 21.5. The van der Waals surface area contributed by atoms with Gasteiger partial charge in [-0.25, -0.2) is 9.37 Å². The summed E-state index contributed by atoms with van der Waals surface area (Å²) in [4.78, 5) is 11.1. The summed E-state index contributed by atoms with van der Waals surface area (Å²) in [6.07, 6.45) is 1.83. The lowest BCUT2D eigenvalue weighted by Crippen LogP contribution is -2.33. The van der Waals surface area contributed by atoms with E-state index in [1.54, 1.807) is 23.5 Å². The molecule has 0 fully saturated rings. The lowest BCUT2D eigenvalue weighted by atomic mass is 10.2. The van der Waals surface area contributed by atoms with Crippen molar-refractivity contribution in [2.24, 2.45) is 4.99 Å². The van der Waals surface area contributed by atoms with Crippen LogP contribution in [0.4, 0.5) is 4.39 Å². The van der Waals surface area contributed by atoms with Crippen LogP contribution in [0.2, 0.25) is 0 Å². The van der Waals surface area contributed by atoms with Gasteiger partial charge in [0.2, 0.25) is 0 Å². The van der Waals surface area contributed by atoms with Gasteiger partial charge in [-0.2, -0.15) is 0 Å². The lowest BCUT2D eigenvalue weighted by molar-refractivity contribution is 0.522. The molecular formula is C19H25BrFN3S. The third kappa shape index (κ3) is 6.36. The van der Waals surface area contributed by atoms with E-state index in [9.17, 15) is 4.39 Å². The fourth-order valence-electron chi connectivity index (χ4n) is 2.15. The van der Waals surface area contributed by atoms with E-state index in [0.29, 0.717) is 0 Å². The SMILES string of the molecule is CC.CCN1C(c2nccs2)=NCC(C)=C1C.Fc1cccc(Br)c1. The topological polar surface area (TPSA) is 28.5 Å². The second-order valence-electron chi connectivity index (χ2n) is 5.03. The van der Waals surface area contributed by atoms with Gasteiger partial charge in [0, 0.05) is 28.3 Å². The molecule has 0 saturated carbocycles. The fraction of sp³-hybridized carbons (Fsp3) is 0.368. The van der Waals surface area contributed by atoms with Gasteiger partial charge in [-0.1, -0.05) is 35.8 Å². The van der Waals surface area contributed by atoms with Crippen LogP contribution in [0.3, 0.4) is 0 Å². The molecule has 0 radical (unpaired) electrons. The lowest BCUT2D eigenvalue weighted by Gasteiger charge is -2.29. The molecule has 25 heavy (non-hydrogen) atoms. The van der Waals surface area contributed by atoms with Gasteiger partial charge in [0.25, 0.3) is 0 Å². The number of nitrogens with zero attached hydrogens (tertiary/aromatic N) is 3. The Balaban J connectivity index is 0.000000264. The molecule has 136 valence electrons. The summed E-state index contributed by atoms with van der Waals surface area (Å²) < 4.78 is 12.9. The number of benzene rings is 1. The number of halogens is 2. The third-order valence-corrected chi connectivity index (χ3v) is 4.73. The molecule has 0 unspecified atom stereocenters. The number of amidine groups is 1. The Kier molecular flexibility index (Phi) is 9.60. The van der Waals surface area contributed by atoms with Gasteiger partial charge in [0.1, 0.15) is 5.82 Å². The quantitative estimate of drug-likeness (QED) is 0.578. The Hall–Kier alpha value is -1.53. The van der Waals surface area contributed by atoms with Crippen molar-refractivity contribution in [2.75, 3.05) is 13.1 Å². The zero-order valence-corrected chi connectivity index (χ0v) is 17.8. The highest BCUT2D eigenvalue weighted by Gasteiger charge is 2.20. The van der Waals surface area contributed by atoms with Crippen LogP contribution < -0.4 is 0 Å². The number of aliphatic imine (C=N–C) groups is 1. The second-order valence-corrected chi connectivity index (χ2v) is 6.84. The van der Waals surface area contributed by atoms with Crippen LogP contribution in [0.15, 0.2) is 56.6 Å². The molecule has 0 saturated heterocycles. The van der Waals surface area contributed by atoms with Gasteiger partial charge in [-0.3, -0.25) is 4.99 Å². The molecule has 2 heterocycles. The molecule has 0 aliphatic carbocycles. The van der Waals surface area contributed by atoms with Gasteiger partial charge in [-0.15, -0.1) is 11.3 Å². The standard InChI is InChI=1S/C11H15N3S.C6H4BrF.C2H6/c1-4-14-9(3)8(2)7-13-10(14)11-12-5-6-15-11;7-5-2-1-3-6(8)4-5;1-2/h5-6H,4,7H2,1-3H3;1-4H;1-2H3. The Morgan fingerprint density at radius 3 is 2.48 bits per heavy atom. The summed E-state index contributed by atoms with van der Waals surface area (Å²) in [5.74, 6) is 0.815. The number of allylic oxidation sites excluding steroid dienone is 1. The van der Waals surface area contributed by atoms with Crippen molar-refractivity contribution in [3.8, 4) is 0 Å². The van der Waals surface area contributed by atoms with E-state index in [1.165, 1.54) is 23.4 Å². The largest absolute Gasteiger partial charge is 0.328 e. The molecule has 1 aromatic heterocycles. The highest BCUT2D eigenvalue weighted by molar-refractivity contribution is 9.10. The zero-order valence-electron chi connectivity index (χ0n) is 15.4. The van der Waals surface area contributed by atoms with Crippen molar-refractivity contribution < 1.29 is 4.39 Å². The summed E-state index contributed by atoms with van der Waals surface area (Å²) in [5, 5.41) is 3.01. The van der Waals surface area contributed by atoms with E-state index in [4.69, 9.17) is 0 Å². The molecular weight excluding hydrogens is 401 g/mol. The average molecular weight is 426 g/mol. The number of hydrogen-bond donors (Lipinski definition) is 0. The number of thiazole rings is 1. The summed E-state index contributed by atoms with van der Waals surface area (Å²) in [7, 11) is 0. The summed E-state index contributed by atoms with van der Waals surface area (Å²) in [5.41, 5.74) is 2.66. The van der Waals surface area contributed by atoms with Gasteiger partial charge in [-0.05, 0) is 44.5 Å². The maximum absolute atomic E-state index is 12.1. The predicted molar refractivity (Wildman–Crippen MR) is 110 cm³/mol. The summed E-state index contributed by atoms with van der Waals surface area (Å²) in [6.45, 7) is 12.2. The van der Waals surface area contributed by atoms with Crippen molar-refractivity contribution >= 4 is 33.1 Å². The Labute approximate surface area is 162 Å². The third-order valence-electron chi connectivity index (χ3n) is 3.47. The maximum Gasteiger partial charge on any atom is 0.165 e. The first-order valence-electron chi connectivity index (χ1n) is 8.32. The van der Waals surface area contributed by atoms with Crippen LogP contribution >= 0.6 is 27.3 Å². The molecule has 3 rings (SSSR count). The monoisotopic (exact) mass is 425 g/mol. The Morgan fingerprint density at radius 2 is 2.00 bits per heavy atom. The first-order valence-corrected chi connectivity index (χ1v) is 9.99. The van der Waals surface area contributed by atoms with E-state index in [-0.39, 0.29) is 5.82 Å². The minimum atomic E-state index is -0.209. The average Bonchev–Trinajstić information content (AvgIpc) is 3.14. The van der Waals surface area contributed by atoms with Gasteiger partial charge < -0.3 is 4.90 Å². The second kappa shape index (κ2) is 11.2.